The van der Waals surface area contributed by atoms with Gasteiger partial charge in [-0.2, -0.15) is 0 Å². The predicted molar refractivity (Wildman–Crippen MR) is 51.3 cm³/mol. The van der Waals surface area contributed by atoms with E-state index in [-0.39, 0.29) is 17.4 Å². The number of fused-ring (bicyclic) bond motifs is 1. The van der Waals surface area contributed by atoms with Crippen molar-refractivity contribution < 1.29 is 15.0 Å². The maximum absolute atomic E-state index is 10.6. The third-order valence-corrected chi connectivity index (χ3v) is 2.24. The molecule has 4 nitrogen and oxygen atoms in total. The van der Waals surface area contributed by atoms with E-state index in [0.29, 0.717) is 0 Å². The minimum Gasteiger partial charge on any atom is -0.510 e. The molecule has 0 aromatic carbocycles. The van der Waals surface area contributed by atoms with Crippen molar-refractivity contribution in [3.05, 3.63) is 36.1 Å². The van der Waals surface area contributed by atoms with E-state index in [1.165, 1.54) is 12.2 Å². The lowest BCUT2D eigenvalue weighted by molar-refractivity contribution is -0.129. The maximum atomic E-state index is 10.6. The van der Waals surface area contributed by atoms with E-state index in [1.54, 1.807) is 12.2 Å². The van der Waals surface area contributed by atoms with Crippen LogP contribution in [0.3, 0.4) is 0 Å². The van der Waals surface area contributed by atoms with Crippen molar-refractivity contribution in [2.75, 3.05) is 0 Å². The van der Waals surface area contributed by atoms with Crippen LogP contribution in [0.5, 0.6) is 0 Å². The van der Waals surface area contributed by atoms with E-state index < -0.39 is 12.0 Å². The molecule has 1 aliphatic heterocycles. The number of aliphatic hydroxyl groups excluding tert-OH is 1. The van der Waals surface area contributed by atoms with Gasteiger partial charge in [0.05, 0.1) is 0 Å². The highest BCUT2D eigenvalue weighted by atomic mass is 16.4. The Bertz CT molecular complexity index is 390. The number of nitrogens with zero attached hydrogens (tertiary/aromatic N) is 1. The summed E-state index contributed by atoms with van der Waals surface area (Å²) < 4.78 is 0. The summed E-state index contributed by atoms with van der Waals surface area (Å²) in [6, 6.07) is -0.462. The van der Waals surface area contributed by atoms with Crippen molar-refractivity contribution in [1.82, 2.24) is 0 Å². The van der Waals surface area contributed by atoms with Gasteiger partial charge >= 0.3 is 5.97 Å². The third-order valence-electron chi connectivity index (χ3n) is 2.24. The largest absolute Gasteiger partial charge is 0.510 e. The maximum Gasteiger partial charge on any atom is 0.354 e. The number of carbonyl (C=O) groups is 1. The summed E-state index contributed by atoms with van der Waals surface area (Å²) in [6.07, 6.45) is 8.35. The zero-order valence-corrected chi connectivity index (χ0v) is 7.29. The van der Waals surface area contributed by atoms with E-state index in [4.69, 9.17) is 5.11 Å². The minimum atomic E-state index is -1.07. The smallest absolute Gasteiger partial charge is 0.354 e. The third kappa shape index (κ3) is 1.35. The minimum absolute atomic E-state index is 0.0125. The summed E-state index contributed by atoms with van der Waals surface area (Å²) in [6.45, 7) is 0. The van der Waals surface area contributed by atoms with Crippen LogP contribution < -0.4 is 0 Å². The first-order valence-electron chi connectivity index (χ1n) is 4.25. The van der Waals surface area contributed by atoms with Crippen LogP contribution >= 0.6 is 0 Å². The highest BCUT2D eigenvalue weighted by molar-refractivity contribution is 6.40. The van der Waals surface area contributed by atoms with Crippen molar-refractivity contribution in [1.29, 1.82) is 0 Å². The molecule has 72 valence electrons. The summed E-state index contributed by atoms with van der Waals surface area (Å²) in [5, 5.41) is 18.2. The Morgan fingerprint density at radius 1 is 1.43 bits per heavy atom. The number of carboxylic acid groups (broad SMARTS) is 1. The van der Waals surface area contributed by atoms with E-state index in [2.05, 4.69) is 4.99 Å². The average molecular weight is 191 g/mol. The standard InChI is InChI=1S/C10H9NO3/c12-8-3-1-2-6-4-5-7(10(13)14)11-9(6)8/h1-6,9,12H,(H,13,14). The fourth-order valence-electron chi connectivity index (χ4n) is 1.53. The summed E-state index contributed by atoms with van der Waals surface area (Å²) in [4.78, 5) is 14.6. The van der Waals surface area contributed by atoms with Gasteiger partial charge in [0.15, 0.2) is 0 Å². The monoisotopic (exact) mass is 191 g/mol. The molecule has 2 rings (SSSR count). The molecule has 0 aromatic rings. The van der Waals surface area contributed by atoms with Gasteiger partial charge in [-0.15, -0.1) is 0 Å². The fraction of sp³-hybridized carbons (Fsp3) is 0.200. The Hall–Kier alpha value is -1.84. The second-order valence-corrected chi connectivity index (χ2v) is 3.18. The van der Waals surface area contributed by atoms with Gasteiger partial charge in [0.1, 0.15) is 17.5 Å². The van der Waals surface area contributed by atoms with Gasteiger partial charge in [-0.1, -0.05) is 18.2 Å². The molecular formula is C10H9NO3. The van der Waals surface area contributed by atoms with Crippen LogP contribution in [0, 0.1) is 5.92 Å². The summed E-state index contributed by atoms with van der Waals surface area (Å²) >= 11 is 0. The molecule has 0 bridgehead atoms. The molecule has 2 N–H and O–H groups in total. The number of aliphatic carboxylic acids is 1. The molecule has 2 unspecified atom stereocenters. The van der Waals surface area contributed by atoms with Gasteiger partial charge in [-0.3, -0.25) is 4.99 Å². The number of hydrogen-bond acceptors (Lipinski definition) is 3. The first-order valence-corrected chi connectivity index (χ1v) is 4.25. The summed E-state index contributed by atoms with van der Waals surface area (Å²) in [5.41, 5.74) is -0.0125. The second kappa shape index (κ2) is 3.14. The number of carboxylic acids is 1. The number of dihydropyridines is 1. The Morgan fingerprint density at radius 3 is 2.93 bits per heavy atom. The predicted octanol–water partition coefficient (Wildman–Crippen LogP) is 1.08. The quantitative estimate of drug-likeness (QED) is 0.651. The lowest BCUT2D eigenvalue weighted by atomic mass is 9.91. The molecule has 2 aliphatic rings. The van der Waals surface area contributed by atoms with Crippen molar-refractivity contribution in [3.8, 4) is 0 Å². The molecule has 0 aromatic heterocycles. The van der Waals surface area contributed by atoms with Crippen molar-refractivity contribution in [2.24, 2.45) is 10.9 Å². The van der Waals surface area contributed by atoms with Crippen LogP contribution in [0.25, 0.3) is 0 Å². The summed E-state index contributed by atoms with van der Waals surface area (Å²) in [7, 11) is 0. The molecule has 4 heteroatoms. The van der Waals surface area contributed by atoms with Gasteiger partial charge in [-0.05, 0) is 12.2 Å². The molecule has 0 radical (unpaired) electrons. The molecule has 0 amide bonds. The van der Waals surface area contributed by atoms with Gasteiger partial charge in [-0.25, -0.2) is 4.79 Å². The summed E-state index contributed by atoms with van der Waals surface area (Å²) in [5.74, 6) is -0.981. The highest BCUT2D eigenvalue weighted by Gasteiger charge is 2.27. The number of allylic oxidation sites excluding steroid dienone is 2. The van der Waals surface area contributed by atoms with Crippen molar-refractivity contribution in [2.45, 2.75) is 6.04 Å². The first kappa shape index (κ1) is 8.74. The fourth-order valence-corrected chi connectivity index (χ4v) is 1.53. The molecule has 1 aliphatic carbocycles. The lowest BCUT2D eigenvalue weighted by Gasteiger charge is -2.23. The Kier molecular flexibility index (Phi) is 1.96. The van der Waals surface area contributed by atoms with Crippen LogP contribution in [-0.2, 0) is 4.79 Å². The molecule has 0 spiro atoms. The molecule has 14 heavy (non-hydrogen) atoms. The van der Waals surface area contributed by atoms with Gasteiger partial charge in [0.25, 0.3) is 0 Å². The molecule has 2 atom stereocenters. The number of hydrogen-bond donors (Lipinski definition) is 2. The molecular weight excluding hydrogens is 182 g/mol. The van der Waals surface area contributed by atoms with Crippen LogP contribution in [0.15, 0.2) is 41.1 Å². The van der Waals surface area contributed by atoms with Gasteiger partial charge < -0.3 is 10.2 Å². The van der Waals surface area contributed by atoms with Crippen LogP contribution in [0.1, 0.15) is 0 Å². The molecule has 0 fully saturated rings. The van der Waals surface area contributed by atoms with Crippen LogP contribution in [-0.4, -0.2) is 27.9 Å². The molecule has 0 saturated carbocycles. The zero-order valence-electron chi connectivity index (χ0n) is 7.29. The number of aliphatic imine (C=N–C) groups is 1. The molecule has 0 saturated heterocycles. The SMILES string of the molecule is O=C(O)C1=NC2C(O)=CC=CC2C=C1. The van der Waals surface area contributed by atoms with Crippen LogP contribution in [0.4, 0.5) is 0 Å². The van der Waals surface area contributed by atoms with Crippen molar-refractivity contribution in [3.63, 3.8) is 0 Å². The normalized spacial score (nSPS) is 29.1. The zero-order chi connectivity index (χ0) is 10.1. The van der Waals surface area contributed by atoms with Gasteiger partial charge in [0, 0.05) is 5.92 Å². The Balaban J connectivity index is 2.33. The Labute approximate surface area is 80.6 Å². The number of rotatable bonds is 1. The van der Waals surface area contributed by atoms with E-state index in [0.717, 1.165) is 0 Å². The topological polar surface area (TPSA) is 69.9 Å². The average Bonchev–Trinajstić information content (AvgIpc) is 2.18. The van der Waals surface area contributed by atoms with E-state index in [9.17, 15) is 9.90 Å². The van der Waals surface area contributed by atoms with Crippen molar-refractivity contribution >= 4 is 11.7 Å². The lowest BCUT2D eigenvalue weighted by Crippen LogP contribution is -2.27. The van der Waals surface area contributed by atoms with Gasteiger partial charge in [0.2, 0.25) is 0 Å². The molecule has 1 heterocycles. The first-order chi connectivity index (χ1) is 6.68. The van der Waals surface area contributed by atoms with E-state index >= 15 is 0 Å². The Morgan fingerprint density at radius 2 is 2.21 bits per heavy atom. The highest BCUT2D eigenvalue weighted by Crippen LogP contribution is 2.25. The number of aliphatic hydroxyl groups is 1. The van der Waals surface area contributed by atoms with E-state index in [1.807, 2.05) is 6.08 Å². The second-order valence-electron chi connectivity index (χ2n) is 3.18. The van der Waals surface area contributed by atoms with Crippen LogP contribution in [0.2, 0.25) is 0 Å².